The summed E-state index contributed by atoms with van der Waals surface area (Å²) < 4.78 is 0. The zero-order chi connectivity index (χ0) is 22.4. The number of nitrogens with zero attached hydrogens (tertiary/aromatic N) is 3. The van der Waals surface area contributed by atoms with Gasteiger partial charge in [-0.3, -0.25) is 4.79 Å². The number of carbonyl (C=O) groups excluding carboxylic acids is 1. The molecule has 1 aliphatic carbocycles. The van der Waals surface area contributed by atoms with Crippen LogP contribution in [0.5, 0.6) is 0 Å². The summed E-state index contributed by atoms with van der Waals surface area (Å²) in [7, 11) is 0. The minimum Gasteiger partial charge on any atom is -0.318 e. The summed E-state index contributed by atoms with van der Waals surface area (Å²) >= 11 is 0. The summed E-state index contributed by atoms with van der Waals surface area (Å²) in [6.45, 7) is 13.6. The summed E-state index contributed by atoms with van der Waals surface area (Å²) in [5, 5.41) is 9.19. The Morgan fingerprint density at radius 2 is 1.83 bits per heavy atom. The standard InChI is InChI=1S/C24H31N3O.C2H6/c1-4-6-14-21(19-25)18-20(3)13-12-15-22-26-23(28)24(27(22)5-2)16-10-8-7-9-11-17-24;1-2/h4-5,12,14-15,18H,1-2,6-11,13,16-17H2,3H3;1-2H3/b15-12-,20-18+,21-14?;. The quantitative estimate of drug-likeness (QED) is 0.265. The number of amides is 1. The second-order valence-electron chi connectivity index (χ2n) is 7.52. The number of aliphatic imine (C=N–C) groups is 1. The Hall–Kier alpha value is -2.67. The molecule has 0 N–H and O–H groups in total. The fraction of sp³-hybridized carbons (Fsp3) is 0.500. The van der Waals surface area contributed by atoms with Gasteiger partial charge in [0.05, 0.1) is 6.07 Å². The molecule has 4 nitrogen and oxygen atoms in total. The molecule has 1 amide bonds. The molecule has 0 atom stereocenters. The molecule has 2 aliphatic rings. The van der Waals surface area contributed by atoms with Crippen LogP contribution in [0.15, 0.2) is 65.9 Å². The number of carbonyl (C=O) groups is 1. The van der Waals surface area contributed by atoms with Crippen LogP contribution in [-0.2, 0) is 4.79 Å². The van der Waals surface area contributed by atoms with Crippen molar-refractivity contribution < 1.29 is 4.79 Å². The third kappa shape index (κ3) is 6.69. The first-order chi connectivity index (χ1) is 14.6. The van der Waals surface area contributed by atoms with E-state index in [0.29, 0.717) is 24.3 Å². The average Bonchev–Trinajstić information content (AvgIpc) is 3.00. The summed E-state index contributed by atoms with van der Waals surface area (Å²) in [5.74, 6) is 0.649. The van der Waals surface area contributed by atoms with E-state index in [4.69, 9.17) is 0 Å². The minimum absolute atomic E-state index is 0.0275. The summed E-state index contributed by atoms with van der Waals surface area (Å²) in [4.78, 5) is 19.1. The first kappa shape index (κ1) is 25.4. The smallest absolute Gasteiger partial charge is 0.273 e. The highest BCUT2D eigenvalue weighted by atomic mass is 16.2. The fourth-order valence-corrected chi connectivity index (χ4v) is 3.94. The van der Waals surface area contributed by atoms with Crippen LogP contribution in [0.2, 0.25) is 0 Å². The lowest BCUT2D eigenvalue weighted by molar-refractivity contribution is -0.125. The Bertz CT molecular complexity index is 754. The van der Waals surface area contributed by atoms with Crippen LogP contribution in [-0.4, -0.2) is 22.2 Å². The summed E-state index contributed by atoms with van der Waals surface area (Å²) in [5.41, 5.74) is 1.18. The molecule has 0 aromatic rings. The van der Waals surface area contributed by atoms with Gasteiger partial charge in [-0.2, -0.15) is 10.3 Å². The van der Waals surface area contributed by atoms with Crippen molar-refractivity contribution in [3.63, 3.8) is 0 Å². The van der Waals surface area contributed by atoms with Gasteiger partial charge in [-0.1, -0.05) is 76.3 Å². The lowest BCUT2D eigenvalue weighted by Gasteiger charge is -2.37. The first-order valence-electron chi connectivity index (χ1n) is 11.2. The molecule has 0 saturated heterocycles. The fourth-order valence-electron chi connectivity index (χ4n) is 3.94. The number of nitriles is 1. The second-order valence-corrected chi connectivity index (χ2v) is 7.52. The van der Waals surface area contributed by atoms with Crippen LogP contribution in [0.4, 0.5) is 0 Å². The molecule has 1 fully saturated rings. The Kier molecular flexibility index (Phi) is 11.4. The van der Waals surface area contributed by atoms with E-state index in [1.165, 1.54) is 19.3 Å². The van der Waals surface area contributed by atoms with Crippen molar-refractivity contribution in [2.45, 2.75) is 84.1 Å². The molecular formula is C26H37N3O. The van der Waals surface area contributed by atoms with Gasteiger partial charge in [0.25, 0.3) is 5.91 Å². The van der Waals surface area contributed by atoms with E-state index in [2.05, 4.69) is 24.2 Å². The molecule has 162 valence electrons. The molecule has 4 heteroatoms. The summed E-state index contributed by atoms with van der Waals surface area (Å²) in [6, 6.07) is 2.19. The van der Waals surface area contributed by atoms with Crippen molar-refractivity contribution in [3.8, 4) is 6.07 Å². The van der Waals surface area contributed by atoms with Crippen molar-refractivity contribution in [2.75, 3.05) is 0 Å². The van der Waals surface area contributed by atoms with E-state index >= 15 is 0 Å². The largest absolute Gasteiger partial charge is 0.318 e. The monoisotopic (exact) mass is 407 g/mol. The van der Waals surface area contributed by atoms with Gasteiger partial charge in [-0.05, 0) is 51.0 Å². The molecule has 1 spiro atoms. The van der Waals surface area contributed by atoms with Gasteiger partial charge in [0.1, 0.15) is 11.4 Å². The molecule has 2 rings (SSSR count). The Morgan fingerprint density at radius 3 is 2.40 bits per heavy atom. The highest BCUT2D eigenvalue weighted by Crippen LogP contribution is 2.37. The van der Waals surface area contributed by atoms with E-state index < -0.39 is 5.54 Å². The summed E-state index contributed by atoms with van der Waals surface area (Å²) in [6.07, 6.45) is 19.9. The van der Waals surface area contributed by atoms with Crippen LogP contribution in [0.25, 0.3) is 0 Å². The maximum Gasteiger partial charge on any atom is 0.273 e. The normalized spacial score (nSPS) is 19.5. The van der Waals surface area contributed by atoms with Gasteiger partial charge in [-0.15, -0.1) is 6.58 Å². The highest BCUT2D eigenvalue weighted by Gasteiger charge is 2.47. The second kappa shape index (κ2) is 13.5. The maximum atomic E-state index is 12.8. The molecule has 30 heavy (non-hydrogen) atoms. The number of allylic oxidation sites excluding steroid dienone is 6. The van der Waals surface area contributed by atoms with Crippen LogP contribution >= 0.6 is 0 Å². The van der Waals surface area contributed by atoms with Crippen LogP contribution in [0.1, 0.15) is 78.6 Å². The lowest BCUT2D eigenvalue weighted by Crippen LogP contribution is -2.48. The maximum absolute atomic E-state index is 12.8. The van der Waals surface area contributed by atoms with Crippen molar-refractivity contribution in [1.29, 1.82) is 5.26 Å². The minimum atomic E-state index is -0.534. The predicted octanol–water partition coefficient (Wildman–Crippen LogP) is 6.80. The van der Waals surface area contributed by atoms with E-state index in [9.17, 15) is 10.1 Å². The molecule has 1 saturated carbocycles. The van der Waals surface area contributed by atoms with E-state index in [1.807, 2.05) is 50.0 Å². The Balaban J connectivity index is 0.00000218. The zero-order valence-electron chi connectivity index (χ0n) is 19.0. The zero-order valence-corrected chi connectivity index (χ0v) is 19.0. The van der Waals surface area contributed by atoms with E-state index in [-0.39, 0.29) is 5.91 Å². The van der Waals surface area contributed by atoms with Crippen molar-refractivity contribution in [1.82, 2.24) is 4.90 Å². The number of amidine groups is 1. The van der Waals surface area contributed by atoms with Gasteiger partial charge in [0.2, 0.25) is 0 Å². The third-order valence-corrected chi connectivity index (χ3v) is 5.43. The topological polar surface area (TPSA) is 56.5 Å². The molecular weight excluding hydrogens is 370 g/mol. The van der Waals surface area contributed by atoms with Gasteiger partial charge >= 0.3 is 0 Å². The third-order valence-electron chi connectivity index (χ3n) is 5.43. The molecule has 1 aliphatic heterocycles. The average molecular weight is 408 g/mol. The number of hydrogen-bond acceptors (Lipinski definition) is 3. The first-order valence-corrected chi connectivity index (χ1v) is 11.2. The van der Waals surface area contributed by atoms with Crippen LogP contribution in [0, 0.1) is 11.3 Å². The van der Waals surface area contributed by atoms with Gasteiger partial charge in [0.15, 0.2) is 0 Å². The molecule has 0 bridgehead atoms. The molecule has 1 heterocycles. The Labute approximate surface area is 183 Å². The van der Waals surface area contributed by atoms with Gasteiger partial charge < -0.3 is 4.90 Å². The van der Waals surface area contributed by atoms with Gasteiger partial charge in [0, 0.05) is 5.57 Å². The number of rotatable bonds is 7. The lowest BCUT2D eigenvalue weighted by atomic mass is 9.82. The molecule has 0 unspecified atom stereocenters. The van der Waals surface area contributed by atoms with Crippen molar-refractivity contribution in [3.05, 3.63) is 60.9 Å². The van der Waals surface area contributed by atoms with E-state index in [1.54, 1.807) is 12.3 Å². The SMILES string of the molecule is C=CCC=C(C#N)/C=C(\C)C/C=C\C1=NC(=O)C2(CCCCCCC2)N1C=C.CC. The van der Waals surface area contributed by atoms with Crippen LogP contribution in [0.3, 0.4) is 0 Å². The Morgan fingerprint density at radius 1 is 1.20 bits per heavy atom. The molecule has 0 aromatic carbocycles. The van der Waals surface area contributed by atoms with E-state index in [0.717, 1.165) is 31.3 Å². The molecule has 0 aromatic heterocycles. The van der Waals surface area contributed by atoms with Gasteiger partial charge in [-0.25, -0.2) is 0 Å². The molecule has 0 radical (unpaired) electrons. The van der Waals surface area contributed by atoms with Crippen molar-refractivity contribution >= 4 is 11.7 Å². The van der Waals surface area contributed by atoms with Crippen molar-refractivity contribution in [2.24, 2.45) is 4.99 Å². The predicted molar refractivity (Wildman–Crippen MR) is 127 cm³/mol. The highest BCUT2D eigenvalue weighted by molar-refractivity contribution is 6.11. The number of hydrogen-bond donors (Lipinski definition) is 0. The van der Waals surface area contributed by atoms with Crippen LogP contribution < -0.4 is 0 Å².